The van der Waals surface area contributed by atoms with Crippen LogP contribution in [0.5, 0.6) is 0 Å². The van der Waals surface area contributed by atoms with E-state index in [1.807, 2.05) is 0 Å². The summed E-state index contributed by atoms with van der Waals surface area (Å²) in [6, 6.07) is 11.1. The van der Waals surface area contributed by atoms with E-state index < -0.39 is 44.0 Å². The lowest BCUT2D eigenvalue weighted by molar-refractivity contribution is 0.0467. The van der Waals surface area contributed by atoms with Crippen LogP contribution in [0.25, 0.3) is 0 Å². The summed E-state index contributed by atoms with van der Waals surface area (Å²) in [6.45, 7) is 3.26. The number of nitrogens with zero attached hydrogens (tertiary/aromatic N) is 1. The zero-order valence-electron chi connectivity index (χ0n) is 16.6. The fourth-order valence-electron chi connectivity index (χ4n) is 2.65. The number of esters is 1. The van der Waals surface area contributed by atoms with E-state index in [1.54, 1.807) is 44.2 Å². The van der Waals surface area contributed by atoms with Gasteiger partial charge in [-0.15, -0.1) is 0 Å². The lowest BCUT2D eigenvalue weighted by atomic mass is 10.2. The minimum atomic E-state index is -4.08. The fourth-order valence-corrected chi connectivity index (χ4v) is 6.33. The summed E-state index contributed by atoms with van der Waals surface area (Å²) in [5.74, 6) is -2.54. The lowest BCUT2D eigenvalue weighted by Crippen LogP contribution is -2.36. The number of benzene rings is 2. The van der Waals surface area contributed by atoms with Gasteiger partial charge in [0.1, 0.15) is 28.8 Å². The van der Waals surface area contributed by atoms with Crippen LogP contribution in [-0.2, 0) is 32.4 Å². The third-order valence-corrected chi connectivity index (χ3v) is 8.41. The molecule has 0 aliphatic heterocycles. The third-order valence-electron chi connectivity index (χ3n) is 3.96. The van der Waals surface area contributed by atoms with Gasteiger partial charge in [0.2, 0.25) is 10.0 Å². The molecule has 0 saturated heterocycles. The van der Waals surface area contributed by atoms with Crippen LogP contribution in [0.4, 0.5) is 10.1 Å². The van der Waals surface area contributed by atoms with Gasteiger partial charge >= 0.3 is 5.97 Å². The smallest absolute Gasteiger partial charge is 0.343 e. The molecule has 0 aliphatic rings. The Bertz CT molecular complexity index is 1020. The number of halogens is 2. The van der Waals surface area contributed by atoms with Gasteiger partial charge in [0, 0.05) is 5.75 Å². The molecule has 6 nitrogen and oxygen atoms in total. The number of hydrogen-bond acceptors (Lipinski definition) is 5. The second kappa shape index (κ2) is 10.9. The predicted molar refractivity (Wildman–Crippen MR) is 117 cm³/mol. The zero-order valence-corrected chi connectivity index (χ0v) is 19.0. The molecule has 1 unspecified atom stereocenters. The van der Waals surface area contributed by atoms with Crippen LogP contribution in [0.1, 0.15) is 42.6 Å². The van der Waals surface area contributed by atoms with E-state index >= 15 is 4.39 Å². The Morgan fingerprint density at radius 3 is 2.40 bits per heavy atom. The molecule has 0 aliphatic carbocycles. The van der Waals surface area contributed by atoms with E-state index in [4.69, 9.17) is 16.3 Å². The van der Waals surface area contributed by atoms with Crippen molar-refractivity contribution >= 4 is 44.3 Å². The first-order valence-electron chi connectivity index (χ1n) is 9.33. The Labute approximate surface area is 183 Å². The van der Waals surface area contributed by atoms with Crippen molar-refractivity contribution in [1.29, 1.82) is 0 Å². The molecular weight excluding hydrogens is 453 g/mol. The summed E-state index contributed by atoms with van der Waals surface area (Å²) in [4.78, 5) is 12.5. The molecule has 30 heavy (non-hydrogen) atoms. The van der Waals surface area contributed by atoms with Crippen LogP contribution >= 0.6 is 11.6 Å². The van der Waals surface area contributed by atoms with Gasteiger partial charge in [-0.3, -0.25) is 0 Å². The molecule has 0 fully saturated rings. The van der Waals surface area contributed by atoms with Gasteiger partial charge < -0.3 is 4.74 Å². The van der Waals surface area contributed by atoms with Crippen molar-refractivity contribution in [2.45, 2.75) is 33.3 Å². The molecule has 164 valence electrons. The first-order chi connectivity index (χ1) is 14.2. The SMILES string of the molecule is CCCS(=O)N(c1ccc(Cl)c(C(=O)OCc2ccccc2)c1F)S(=O)(=O)CCC. The van der Waals surface area contributed by atoms with Crippen LogP contribution in [0.3, 0.4) is 0 Å². The number of anilines is 1. The van der Waals surface area contributed by atoms with Crippen molar-refractivity contribution in [2.24, 2.45) is 0 Å². The number of carbonyl (C=O) groups excluding carboxylic acids is 1. The summed E-state index contributed by atoms with van der Waals surface area (Å²) >= 11 is 6.01. The highest BCUT2D eigenvalue weighted by Gasteiger charge is 2.32. The van der Waals surface area contributed by atoms with E-state index in [2.05, 4.69) is 0 Å². The predicted octanol–water partition coefficient (Wildman–Crippen LogP) is 4.46. The van der Waals surface area contributed by atoms with Crippen molar-refractivity contribution in [3.8, 4) is 0 Å². The molecule has 0 saturated carbocycles. The summed E-state index contributed by atoms with van der Waals surface area (Å²) in [7, 11) is -6.12. The second-order valence-electron chi connectivity index (χ2n) is 6.39. The van der Waals surface area contributed by atoms with E-state index in [9.17, 15) is 17.4 Å². The monoisotopic (exact) mass is 475 g/mol. The van der Waals surface area contributed by atoms with Gasteiger partial charge in [-0.25, -0.2) is 21.8 Å². The van der Waals surface area contributed by atoms with Gasteiger partial charge in [-0.1, -0.05) is 55.8 Å². The number of rotatable bonds is 10. The molecule has 0 heterocycles. The number of carbonyl (C=O) groups is 1. The molecule has 1 atom stereocenters. The summed E-state index contributed by atoms with van der Waals surface area (Å²) < 4.78 is 59.0. The Morgan fingerprint density at radius 1 is 1.13 bits per heavy atom. The van der Waals surface area contributed by atoms with Crippen molar-refractivity contribution in [3.05, 3.63) is 64.4 Å². The van der Waals surface area contributed by atoms with Gasteiger partial charge in [0.15, 0.2) is 5.82 Å². The standard InChI is InChI=1S/C20H23ClFNO5S2/c1-3-12-29(25)23(30(26,27)13-4-2)17-11-10-16(21)18(19(17)22)20(24)28-14-15-8-6-5-7-9-15/h5-11H,3-4,12-14H2,1-2H3. The maximum Gasteiger partial charge on any atom is 0.343 e. The normalized spacial score (nSPS) is 12.4. The molecular formula is C20H23ClFNO5S2. The number of ether oxygens (including phenoxy) is 1. The summed E-state index contributed by atoms with van der Waals surface area (Å²) in [5.41, 5.74) is -0.406. The van der Waals surface area contributed by atoms with Crippen LogP contribution in [0.15, 0.2) is 42.5 Å². The average molecular weight is 476 g/mol. The zero-order chi connectivity index (χ0) is 22.3. The summed E-state index contributed by atoms with van der Waals surface area (Å²) in [5, 5.41) is -0.233. The van der Waals surface area contributed by atoms with Gasteiger partial charge in [0.25, 0.3) is 0 Å². The minimum absolute atomic E-state index is 0.0127. The average Bonchev–Trinajstić information content (AvgIpc) is 2.69. The summed E-state index contributed by atoms with van der Waals surface area (Å²) in [6.07, 6.45) is 0.676. The van der Waals surface area contributed by atoms with Gasteiger partial charge in [0.05, 0.1) is 10.8 Å². The van der Waals surface area contributed by atoms with Crippen LogP contribution in [0, 0.1) is 5.82 Å². The van der Waals surface area contributed by atoms with E-state index in [0.29, 0.717) is 15.7 Å². The first kappa shape index (κ1) is 24.3. The lowest BCUT2D eigenvalue weighted by Gasteiger charge is -2.24. The van der Waals surface area contributed by atoms with Gasteiger partial charge in [-0.05, 0) is 30.5 Å². The molecule has 2 rings (SSSR count). The Morgan fingerprint density at radius 2 is 1.80 bits per heavy atom. The molecule has 0 radical (unpaired) electrons. The topological polar surface area (TPSA) is 80.8 Å². The highest BCUT2D eigenvalue weighted by Crippen LogP contribution is 2.32. The van der Waals surface area contributed by atoms with Crippen LogP contribution in [-0.4, -0.2) is 30.1 Å². The maximum atomic E-state index is 15.3. The highest BCUT2D eigenvalue weighted by atomic mass is 35.5. The number of sulfonamides is 1. The quantitative estimate of drug-likeness (QED) is 0.474. The molecule has 2 aromatic rings. The molecule has 0 amide bonds. The van der Waals surface area contributed by atoms with Crippen molar-refractivity contribution in [1.82, 2.24) is 0 Å². The van der Waals surface area contributed by atoms with Gasteiger partial charge in [-0.2, -0.15) is 3.71 Å². The Kier molecular flexibility index (Phi) is 8.81. The first-order valence-corrected chi connectivity index (χ1v) is 12.6. The van der Waals surface area contributed by atoms with Crippen molar-refractivity contribution in [3.63, 3.8) is 0 Å². The van der Waals surface area contributed by atoms with Crippen molar-refractivity contribution < 1.29 is 26.5 Å². The second-order valence-corrected chi connectivity index (χ2v) is 10.4. The molecule has 0 bridgehead atoms. The molecule has 2 aromatic carbocycles. The molecule has 0 spiro atoms. The number of hydrogen-bond donors (Lipinski definition) is 0. The van der Waals surface area contributed by atoms with E-state index in [0.717, 1.165) is 6.07 Å². The Balaban J connectivity index is 2.45. The minimum Gasteiger partial charge on any atom is -0.457 e. The van der Waals surface area contributed by atoms with Crippen molar-refractivity contribution in [2.75, 3.05) is 15.2 Å². The van der Waals surface area contributed by atoms with E-state index in [1.165, 1.54) is 6.07 Å². The maximum absolute atomic E-state index is 15.3. The molecule has 10 heteroatoms. The van der Waals surface area contributed by atoms with Crippen LogP contribution < -0.4 is 3.71 Å². The van der Waals surface area contributed by atoms with Crippen LogP contribution in [0.2, 0.25) is 5.02 Å². The molecule has 0 N–H and O–H groups in total. The molecule has 0 aromatic heterocycles. The van der Waals surface area contributed by atoms with E-state index in [-0.39, 0.29) is 29.6 Å². The highest BCUT2D eigenvalue weighted by molar-refractivity contribution is 8.07. The third kappa shape index (κ3) is 5.80. The Hall–Kier alpha value is -1.97. The largest absolute Gasteiger partial charge is 0.457 e. The fraction of sp³-hybridized carbons (Fsp3) is 0.350.